The van der Waals surface area contributed by atoms with Crippen molar-refractivity contribution in [1.82, 2.24) is 0 Å². The fraction of sp³-hybridized carbons (Fsp3) is 0.778. The zero-order valence-corrected chi connectivity index (χ0v) is 7.52. The third-order valence-corrected chi connectivity index (χ3v) is 2.19. The van der Waals surface area contributed by atoms with Crippen LogP contribution in [0.15, 0.2) is 11.6 Å². The van der Waals surface area contributed by atoms with Crippen molar-refractivity contribution in [2.24, 2.45) is 0 Å². The van der Waals surface area contributed by atoms with Gasteiger partial charge in [0.05, 0.1) is 13.2 Å². The van der Waals surface area contributed by atoms with Crippen LogP contribution in [0.25, 0.3) is 0 Å². The Morgan fingerprint density at radius 1 is 1.36 bits per heavy atom. The van der Waals surface area contributed by atoms with Crippen LogP contribution in [0.2, 0.25) is 0 Å². The predicted octanol–water partition coefficient (Wildman–Crippen LogP) is 2.11. The van der Waals surface area contributed by atoms with E-state index in [0.29, 0.717) is 0 Å². The highest BCUT2D eigenvalue weighted by Crippen LogP contribution is 2.25. The minimum absolute atomic E-state index is 0.451. The molecule has 2 heteroatoms. The van der Waals surface area contributed by atoms with Crippen molar-refractivity contribution in [3.63, 3.8) is 0 Å². The maximum Gasteiger partial charge on any atom is 0.187 e. The van der Waals surface area contributed by atoms with Gasteiger partial charge in [0.1, 0.15) is 0 Å². The van der Waals surface area contributed by atoms with Gasteiger partial charge in [-0.25, -0.2) is 0 Å². The summed E-state index contributed by atoms with van der Waals surface area (Å²) in [4.78, 5) is 0. The van der Waals surface area contributed by atoms with Crippen LogP contribution in [-0.2, 0) is 9.47 Å². The van der Waals surface area contributed by atoms with Crippen LogP contribution in [0.4, 0.5) is 0 Å². The summed E-state index contributed by atoms with van der Waals surface area (Å²) in [7, 11) is 0. The lowest BCUT2D eigenvalue weighted by atomic mass is 10.1. The molecule has 0 saturated carbocycles. The Labute approximate surface area is 68.2 Å². The van der Waals surface area contributed by atoms with E-state index in [2.05, 4.69) is 0 Å². The summed E-state index contributed by atoms with van der Waals surface area (Å²) in [6.45, 7) is 7.62. The van der Waals surface area contributed by atoms with Gasteiger partial charge >= 0.3 is 0 Å². The summed E-state index contributed by atoms with van der Waals surface area (Å²) < 4.78 is 11.1. The zero-order valence-electron chi connectivity index (χ0n) is 7.52. The SMILES string of the molecule is CC=C(C)C1(C)OCCCO1. The molecular formula is C9H16O2. The average Bonchev–Trinajstić information content (AvgIpc) is 2.04. The Kier molecular flexibility index (Phi) is 2.68. The molecule has 1 aliphatic rings. The van der Waals surface area contributed by atoms with Gasteiger partial charge in [-0.1, -0.05) is 6.08 Å². The third-order valence-electron chi connectivity index (χ3n) is 2.19. The fourth-order valence-electron chi connectivity index (χ4n) is 1.12. The normalized spacial score (nSPS) is 25.2. The van der Waals surface area contributed by atoms with Crippen LogP contribution in [0.5, 0.6) is 0 Å². The molecule has 11 heavy (non-hydrogen) atoms. The van der Waals surface area contributed by atoms with Gasteiger partial charge in [0.25, 0.3) is 0 Å². The maximum absolute atomic E-state index is 5.53. The molecule has 2 nitrogen and oxygen atoms in total. The zero-order chi connectivity index (χ0) is 8.32. The molecule has 0 unspecified atom stereocenters. The van der Waals surface area contributed by atoms with Gasteiger partial charge in [-0.2, -0.15) is 0 Å². The van der Waals surface area contributed by atoms with E-state index in [1.807, 2.05) is 26.8 Å². The quantitative estimate of drug-likeness (QED) is 0.541. The Bertz CT molecular complexity index is 155. The van der Waals surface area contributed by atoms with Crippen molar-refractivity contribution in [2.45, 2.75) is 33.0 Å². The van der Waals surface area contributed by atoms with Gasteiger partial charge < -0.3 is 9.47 Å². The number of allylic oxidation sites excluding steroid dienone is 1. The molecule has 0 N–H and O–H groups in total. The number of hydrogen-bond donors (Lipinski definition) is 0. The van der Waals surface area contributed by atoms with Crippen LogP contribution in [0, 0.1) is 0 Å². The molecule has 0 amide bonds. The lowest BCUT2D eigenvalue weighted by Gasteiger charge is -2.34. The van der Waals surface area contributed by atoms with Crippen LogP contribution in [-0.4, -0.2) is 19.0 Å². The Morgan fingerprint density at radius 2 is 1.91 bits per heavy atom. The maximum atomic E-state index is 5.53. The molecular weight excluding hydrogens is 140 g/mol. The molecule has 1 rings (SSSR count). The van der Waals surface area contributed by atoms with Gasteiger partial charge in [0.15, 0.2) is 5.79 Å². The van der Waals surface area contributed by atoms with Crippen LogP contribution < -0.4 is 0 Å². The highest BCUT2D eigenvalue weighted by atomic mass is 16.7. The van der Waals surface area contributed by atoms with E-state index in [4.69, 9.17) is 9.47 Å². The summed E-state index contributed by atoms with van der Waals surface area (Å²) in [5.41, 5.74) is 1.15. The van der Waals surface area contributed by atoms with Crippen molar-refractivity contribution in [2.75, 3.05) is 13.2 Å². The smallest absolute Gasteiger partial charge is 0.187 e. The van der Waals surface area contributed by atoms with Gasteiger partial charge in [0.2, 0.25) is 0 Å². The molecule has 64 valence electrons. The number of rotatable bonds is 1. The van der Waals surface area contributed by atoms with E-state index in [-0.39, 0.29) is 0 Å². The molecule has 1 aliphatic heterocycles. The first kappa shape index (κ1) is 8.75. The molecule has 0 atom stereocenters. The monoisotopic (exact) mass is 156 g/mol. The van der Waals surface area contributed by atoms with Crippen molar-refractivity contribution < 1.29 is 9.47 Å². The molecule has 1 heterocycles. The minimum Gasteiger partial charge on any atom is -0.346 e. The first-order chi connectivity index (χ1) is 5.19. The molecule has 1 fully saturated rings. The molecule has 0 radical (unpaired) electrons. The molecule has 0 aromatic rings. The average molecular weight is 156 g/mol. The summed E-state index contributed by atoms with van der Waals surface area (Å²) in [6.07, 6.45) is 3.04. The van der Waals surface area contributed by atoms with Crippen LogP contribution >= 0.6 is 0 Å². The van der Waals surface area contributed by atoms with Gasteiger partial charge in [0, 0.05) is 0 Å². The summed E-state index contributed by atoms with van der Waals surface area (Å²) in [6, 6.07) is 0. The molecule has 0 bridgehead atoms. The van der Waals surface area contributed by atoms with E-state index in [9.17, 15) is 0 Å². The number of hydrogen-bond acceptors (Lipinski definition) is 2. The minimum atomic E-state index is -0.451. The standard InChI is InChI=1S/C9H16O2/c1-4-8(2)9(3)10-6-5-7-11-9/h4H,5-7H2,1-3H3. The molecule has 0 aliphatic carbocycles. The second-order valence-corrected chi connectivity index (χ2v) is 2.97. The second kappa shape index (κ2) is 3.37. The Balaban J connectivity index is 2.64. The van der Waals surface area contributed by atoms with Gasteiger partial charge in [-0.3, -0.25) is 0 Å². The Hall–Kier alpha value is -0.340. The van der Waals surface area contributed by atoms with Crippen molar-refractivity contribution in [3.05, 3.63) is 11.6 Å². The van der Waals surface area contributed by atoms with E-state index < -0.39 is 5.79 Å². The van der Waals surface area contributed by atoms with Gasteiger partial charge in [-0.05, 0) is 32.8 Å². The highest BCUT2D eigenvalue weighted by Gasteiger charge is 2.29. The van der Waals surface area contributed by atoms with Gasteiger partial charge in [-0.15, -0.1) is 0 Å². The van der Waals surface area contributed by atoms with E-state index >= 15 is 0 Å². The largest absolute Gasteiger partial charge is 0.346 e. The van der Waals surface area contributed by atoms with E-state index in [1.165, 1.54) is 0 Å². The lowest BCUT2D eigenvalue weighted by Crippen LogP contribution is -2.38. The molecule has 0 aromatic heterocycles. The Morgan fingerprint density at radius 3 is 2.36 bits per heavy atom. The summed E-state index contributed by atoms with van der Waals surface area (Å²) >= 11 is 0. The van der Waals surface area contributed by atoms with Crippen LogP contribution in [0.3, 0.4) is 0 Å². The van der Waals surface area contributed by atoms with Crippen LogP contribution in [0.1, 0.15) is 27.2 Å². The summed E-state index contributed by atoms with van der Waals surface area (Å²) in [5.74, 6) is -0.451. The van der Waals surface area contributed by atoms with E-state index in [1.54, 1.807) is 0 Å². The molecule has 0 spiro atoms. The van der Waals surface area contributed by atoms with E-state index in [0.717, 1.165) is 25.2 Å². The first-order valence-corrected chi connectivity index (χ1v) is 4.10. The van der Waals surface area contributed by atoms with Crippen molar-refractivity contribution >= 4 is 0 Å². The molecule has 1 saturated heterocycles. The lowest BCUT2D eigenvalue weighted by molar-refractivity contribution is -0.231. The number of ether oxygens (including phenoxy) is 2. The fourth-order valence-corrected chi connectivity index (χ4v) is 1.12. The van der Waals surface area contributed by atoms with Crippen molar-refractivity contribution in [3.8, 4) is 0 Å². The van der Waals surface area contributed by atoms with Crippen molar-refractivity contribution in [1.29, 1.82) is 0 Å². The predicted molar refractivity (Wildman–Crippen MR) is 44.4 cm³/mol. The third kappa shape index (κ3) is 1.82. The first-order valence-electron chi connectivity index (χ1n) is 4.10. The second-order valence-electron chi connectivity index (χ2n) is 2.97. The molecule has 0 aromatic carbocycles. The summed E-state index contributed by atoms with van der Waals surface area (Å²) in [5, 5.41) is 0. The highest BCUT2D eigenvalue weighted by molar-refractivity contribution is 5.07. The topological polar surface area (TPSA) is 18.5 Å².